The van der Waals surface area contributed by atoms with Crippen LogP contribution < -0.4 is 5.32 Å². The molecule has 0 saturated heterocycles. The van der Waals surface area contributed by atoms with Crippen molar-refractivity contribution in [3.63, 3.8) is 0 Å². The monoisotopic (exact) mass is 351 g/mol. The Hall–Kier alpha value is 0.0600. The van der Waals surface area contributed by atoms with Crippen LogP contribution >= 0.6 is 22.6 Å². The molecule has 1 aromatic carbocycles. The van der Waals surface area contributed by atoms with Crippen molar-refractivity contribution < 1.29 is 4.21 Å². The summed E-state index contributed by atoms with van der Waals surface area (Å²) in [5.74, 6) is 0. The first-order valence-corrected chi connectivity index (χ1v) is 8.07. The highest BCUT2D eigenvalue weighted by molar-refractivity contribution is 14.1. The van der Waals surface area contributed by atoms with E-state index in [2.05, 4.69) is 52.2 Å². The van der Waals surface area contributed by atoms with Gasteiger partial charge in [-0.15, -0.1) is 0 Å². The Kier molecular flexibility index (Phi) is 6.53. The predicted molar refractivity (Wildman–Crippen MR) is 79.0 cm³/mol. The molecule has 1 aromatic rings. The van der Waals surface area contributed by atoms with Gasteiger partial charge in [0.25, 0.3) is 0 Å². The van der Waals surface area contributed by atoms with Gasteiger partial charge in [-0.2, -0.15) is 0 Å². The van der Waals surface area contributed by atoms with Crippen molar-refractivity contribution in [1.82, 2.24) is 5.32 Å². The molecule has 0 heterocycles. The molecule has 90 valence electrons. The zero-order valence-electron chi connectivity index (χ0n) is 9.70. The van der Waals surface area contributed by atoms with Gasteiger partial charge in [0, 0.05) is 32.4 Å². The maximum Gasteiger partial charge on any atom is 0.0329 e. The number of hydrogen-bond acceptors (Lipinski definition) is 2. The van der Waals surface area contributed by atoms with Crippen molar-refractivity contribution in [2.45, 2.75) is 25.1 Å². The van der Waals surface area contributed by atoms with E-state index in [-0.39, 0.29) is 5.25 Å². The lowest BCUT2D eigenvalue weighted by Gasteiger charge is -2.09. The molecule has 0 radical (unpaired) electrons. The molecule has 0 aliphatic rings. The second-order valence-corrected chi connectivity index (χ2v) is 6.95. The van der Waals surface area contributed by atoms with E-state index in [9.17, 15) is 4.21 Å². The Morgan fingerprint density at radius 2 is 2.00 bits per heavy atom. The summed E-state index contributed by atoms with van der Waals surface area (Å²) in [6.45, 7) is 3.84. The molecular weight excluding hydrogens is 333 g/mol. The fraction of sp³-hybridized carbons (Fsp3) is 0.500. The number of hydrogen-bond donors (Lipinski definition) is 1. The molecule has 0 aromatic heterocycles. The van der Waals surface area contributed by atoms with Crippen LogP contribution in [0.1, 0.15) is 18.9 Å². The third-order valence-electron chi connectivity index (χ3n) is 2.54. The van der Waals surface area contributed by atoms with Gasteiger partial charge in [-0.1, -0.05) is 19.1 Å². The third-order valence-corrected chi connectivity index (χ3v) is 4.62. The number of benzene rings is 1. The first kappa shape index (κ1) is 14.1. The van der Waals surface area contributed by atoms with Crippen molar-refractivity contribution in [3.8, 4) is 0 Å². The van der Waals surface area contributed by atoms with E-state index in [1.54, 1.807) is 6.26 Å². The predicted octanol–water partition coefficient (Wildman–Crippen LogP) is 2.54. The van der Waals surface area contributed by atoms with Crippen LogP contribution in [-0.2, 0) is 17.3 Å². The Morgan fingerprint density at radius 1 is 1.38 bits per heavy atom. The summed E-state index contributed by atoms with van der Waals surface area (Å²) >= 11 is 2.30. The van der Waals surface area contributed by atoms with Crippen molar-refractivity contribution in [1.29, 1.82) is 0 Å². The number of rotatable bonds is 6. The minimum absolute atomic E-state index is 0.282. The van der Waals surface area contributed by atoms with E-state index in [1.165, 1.54) is 9.13 Å². The van der Waals surface area contributed by atoms with Gasteiger partial charge in [0.1, 0.15) is 0 Å². The molecule has 2 unspecified atom stereocenters. The summed E-state index contributed by atoms with van der Waals surface area (Å²) in [4.78, 5) is 0. The van der Waals surface area contributed by atoms with E-state index < -0.39 is 10.8 Å². The minimum atomic E-state index is -0.702. The average molecular weight is 351 g/mol. The van der Waals surface area contributed by atoms with Crippen LogP contribution in [0.2, 0.25) is 0 Å². The Balaban J connectivity index is 2.21. The highest BCUT2D eigenvalue weighted by atomic mass is 127. The maximum atomic E-state index is 11.1. The van der Waals surface area contributed by atoms with Crippen molar-refractivity contribution >= 4 is 33.4 Å². The standard InChI is InChI=1S/C12H18INOS/c1-10(16(2)15)7-8-14-9-11-3-5-12(13)6-4-11/h3-6,10,14H,7-9H2,1-2H3. The molecule has 0 amide bonds. The molecule has 4 heteroatoms. The van der Waals surface area contributed by atoms with Crippen LogP contribution in [0, 0.1) is 3.57 Å². The maximum absolute atomic E-state index is 11.1. The van der Waals surface area contributed by atoms with Gasteiger partial charge < -0.3 is 5.32 Å². The quantitative estimate of drug-likeness (QED) is 0.630. The summed E-state index contributed by atoms with van der Waals surface area (Å²) in [6.07, 6.45) is 2.73. The third kappa shape index (κ3) is 5.41. The van der Waals surface area contributed by atoms with Gasteiger partial charge in [-0.3, -0.25) is 4.21 Å². The second-order valence-electron chi connectivity index (χ2n) is 3.90. The molecule has 1 rings (SSSR count). The number of halogens is 1. The Bertz CT molecular complexity index is 339. The number of nitrogens with one attached hydrogen (secondary N) is 1. The Morgan fingerprint density at radius 3 is 2.56 bits per heavy atom. The molecule has 0 fully saturated rings. The molecule has 2 atom stereocenters. The van der Waals surface area contributed by atoms with Crippen LogP contribution in [0.4, 0.5) is 0 Å². The molecule has 0 bridgehead atoms. The van der Waals surface area contributed by atoms with E-state index in [0.29, 0.717) is 0 Å². The molecule has 2 nitrogen and oxygen atoms in total. The van der Waals surface area contributed by atoms with E-state index in [4.69, 9.17) is 0 Å². The van der Waals surface area contributed by atoms with Gasteiger partial charge in [0.2, 0.25) is 0 Å². The van der Waals surface area contributed by atoms with Crippen molar-refractivity contribution in [3.05, 3.63) is 33.4 Å². The normalized spacial score (nSPS) is 14.7. The fourth-order valence-electron chi connectivity index (χ4n) is 1.31. The van der Waals surface area contributed by atoms with E-state index in [0.717, 1.165) is 19.5 Å². The van der Waals surface area contributed by atoms with Crippen LogP contribution in [-0.4, -0.2) is 22.3 Å². The summed E-state index contributed by atoms with van der Waals surface area (Å²) in [5, 5.41) is 3.65. The van der Waals surface area contributed by atoms with Crippen LogP contribution in [0.3, 0.4) is 0 Å². The largest absolute Gasteiger partial charge is 0.313 e. The Labute approximate surface area is 114 Å². The summed E-state index contributed by atoms with van der Waals surface area (Å²) < 4.78 is 12.4. The lowest BCUT2D eigenvalue weighted by Crippen LogP contribution is -2.20. The van der Waals surface area contributed by atoms with Crippen LogP contribution in [0.15, 0.2) is 24.3 Å². The summed E-state index contributed by atoms with van der Waals surface area (Å²) in [7, 11) is -0.702. The highest BCUT2D eigenvalue weighted by Gasteiger charge is 2.04. The zero-order chi connectivity index (χ0) is 12.0. The van der Waals surface area contributed by atoms with Crippen LogP contribution in [0.25, 0.3) is 0 Å². The highest BCUT2D eigenvalue weighted by Crippen LogP contribution is 2.06. The summed E-state index contributed by atoms with van der Waals surface area (Å²) in [6, 6.07) is 8.49. The van der Waals surface area contributed by atoms with Crippen LogP contribution in [0.5, 0.6) is 0 Å². The molecule has 16 heavy (non-hydrogen) atoms. The van der Waals surface area contributed by atoms with E-state index in [1.807, 2.05) is 6.92 Å². The molecule has 0 spiro atoms. The topological polar surface area (TPSA) is 29.1 Å². The smallest absolute Gasteiger partial charge is 0.0329 e. The molecule has 0 aliphatic heterocycles. The lowest BCUT2D eigenvalue weighted by molar-refractivity contribution is 0.629. The second kappa shape index (κ2) is 7.40. The lowest BCUT2D eigenvalue weighted by atomic mass is 10.2. The molecular formula is C12H18INOS. The minimum Gasteiger partial charge on any atom is -0.313 e. The van der Waals surface area contributed by atoms with Gasteiger partial charge in [-0.05, 0) is 53.3 Å². The van der Waals surface area contributed by atoms with Gasteiger partial charge in [0.05, 0.1) is 0 Å². The molecule has 0 saturated carbocycles. The van der Waals surface area contributed by atoms with Gasteiger partial charge in [-0.25, -0.2) is 0 Å². The van der Waals surface area contributed by atoms with E-state index >= 15 is 0 Å². The van der Waals surface area contributed by atoms with Crippen molar-refractivity contribution in [2.24, 2.45) is 0 Å². The average Bonchev–Trinajstić information content (AvgIpc) is 2.26. The summed E-state index contributed by atoms with van der Waals surface area (Å²) in [5.41, 5.74) is 1.30. The van der Waals surface area contributed by atoms with Gasteiger partial charge >= 0.3 is 0 Å². The molecule has 0 aliphatic carbocycles. The SMILES string of the molecule is CC(CCNCc1ccc(I)cc1)S(C)=O. The first-order chi connectivity index (χ1) is 7.59. The zero-order valence-corrected chi connectivity index (χ0v) is 12.7. The fourth-order valence-corrected chi connectivity index (χ4v) is 2.12. The van der Waals surface area contributed by atoms with Gasteiger partial charge in [0.15, 0.2) is 0 Å². The van der Waals surface area contributed by atoms with Crippen molar-refractivity contribution in [2.75, 3.05) is 12.8 Å². The molecule has 1 N–H and O–H groups in total. The first-order valence-electron chi connectivity index (χ1n) is 5.37.